The summed E-state index contributed by atoms with van der Waals surface area (Å²) in [5, 5.41) is 2.90. The lowest BCUT2D eigenvalue weighted by Crippen LogP contribution is -2.40. The van der Waals surface area contributed by atoms with Crippen molar-refractivity contribution < 1.29 is 9.18 Å². The minimum atomic E-state index is -0.645. The molecule has 24 heavy (non-hydrogen) atoms. The van der Waals surface area contributed by atoms with E-state index in [1.807, 2.05) is 37.4 Å². The van der Waals surface area contributed by atoms with Gasteiger partial charge in [0.05, 0.1) is 0 Å². The van der Waals surface area contributed by atoms with Crippen LogP contribution in [-0.4, -0.2) is 45.0 Å². The molecule has 4 nitrogen and oxygen atoms in total. The Hall–Kier alpha value is -2.40. The Bertz CT molecular complexity index is 661. The maximum absolute atomic E-state index is 14.0. The lowest BCUT2D eigenvalue weighted by molar-refractivity contribution is -0.125. The molecule has 0 radical (unpaired) electrons. The third-order valence-electron chi connectivity index (χ3n) is 3.91. The molecule has 2 aromatic rings. The van der Waals surface area contributed by atoms with E-state index in [-0.39, 0.29) is 11.7 Å². The topological polar surface area (TPSA) is 35.6 Å². The minimum absolute atomic E-state index is 0.202. The van der Waals surface area contributed by atoms with Gasteiger partial charge in [-0.15, -0.1) is 0 Å². The largest absolute Gasteiger partial charge is 0.373 e. The Balaban J connectivity index is 1.96. The highest BCUT2D eigenvalue weighted by Crippen LogP contribution is 2.21. The van der Waals surface area contributed by atoms with E-state index in [4.69, 9.17) is 0 Å². The van der Waals surface area contributed by atoms with Gasteiger partial charge in [-0.05, 0) is 32.3 Å². The molecule has 128 valence electrons. The number of nitrogens with one attached hydrogen (secondary N) is 1. The summed E-state index contributed by atoms with van der Waals surface area (Å²) in [5.74, 6) is -0.570. The average molecular weight is 329 g/mol. The highest BCUT2D eigenvalue weighted by atomic mass is 19.1. The highest BCUT2D eigenvalue weighted by Gasteiger charge is 2.25. The fourth-order valence-corrected chi connectivity index (χ4v) is 2.61. The van der Waals surface area contributed by atoms with E-state index in [1.54, 1.807) is 37.2 Å². The molecule has 0 saturated heterocycles. The summed E-state index contributed by atoms with van der Waals surface area (Å²) in [7, 11) is 5.52. The smallest absolute Gasteiger partial charge is 0.242 e. The average Bonchev–Trinajstić information content (AvgIpc) is 2.57. The monoisotopic (exact) mass is 329 g/mol. The Morgan fingerprint density at radius 3 is 2.29 bits per heavy atom. The number of likely N-dealkylation sites (N-methyl/N-ethyl adjacent to an activating group) is 2. The van der Waals surface area contributed by atoms with Crippen LogP contribution >= 0.6 is 0 Å². The second kappa shape index (κ2) is 8.45. The number of nitrogens with zero attached hydrogens (tertiary/aromatic N) is 2. The van der Waals surface area contributed by atoms with Gasteiger partial charge in [-0.2, -0.15) is 0 Å². The van der Waals surface area contributed by atoms with E-state index < -0.39 is 6.04 Å². The third-order valence-corrected chi connectivity index (χ3v) is 3.91. The van der Waals surface area contributed by atoms with Crippen LogP contribution in [0.3, 0.4) is 0 Å². The molecule has 0 aliphatic heterocycles. The second-order valence-electron chi connectivity index (χ2n) is 5.94. The van der Waals surface area contributed by atoms with Crippen LogP contribution in [0.15, 0.2) is 54.6 Å². The summed E-state index contributed by atoms with van der Waals surface area (Å²) in [6.07, 6.45) is 0. The van der Waals surface area contributed by atoms with Crippen molar-refractivity contribution in [1.29, 1.82) is 0 Å². The second-order valence-corrected chi connectivity index (χ2v) is 5.94. The number of anilines is 1. The molecule has 2 rings (SSSR count). The van der Waals surface area contributed by atoms with Crippen LogP contribution in [-0.2, 0) is 4.79 Å². The maximum Gasteiger partial charge on any atom is 0.242 e. The van der Waals surface area contributed by atoms with E-state index in [2.05, 4.69) is 10.2 Å². The number of benzene rings is 2. The SMILES string of the molecule is CN(CCNC(=O)[C@H](c1ccccc1F)N(C)C)c1ccccc1. The van der Waals surface area contributed by atoms with Gasteiger partial charge >= 0.3 is 0 Å². The number of rotatable bonds is 7. The molecule has 5 heteroatoms. The number of hydrogen-bond acceptors (Lipinski definition) is 3. The van der Waals surface area contributed by atoms with E-state index in [0.717, 1.165) is 5.69 Å². The van der Waals surface area contributed by atoms with Crippen molar-refractivity contribution in [1.82, 2.24) is 10.2 Å². The van der Waals surface area contributed by atoms with Crippen LogP contribution < -0.4 is 10.2 Å². The molecule has 0 aromatic heterocycles. The first-order valence-corrected chi connectivity index (χ1v) is 7.95. The fraction of sp³-hybridized carbons (Fsp3) is 0.316. The summed E-state index contributed by atoms with van der Waals surface area (Å²) in [5.41, 5.74) is 1.47. The summed E-state index contributed by atoms with van der Waals surface area (Å²) in [6, 6.07) is 15.7. The van der Waals surface area contributed by atoms with Gasteiger partial charge in [0.2, 0.25) is 5.91 Å². The zero-order chi connectivity index (χ0) is 17.5. The van der Waals surface area contributed by atoms with Crippen molar-refractivity contribution in [2.24, 2.45) is 0 Å². The minimum Gasteiger partial charge on any atom is -0.373 e. The van der Waals surface area contributed by atoms with Crippen LogP contribution in [0.5, 0.6) is 0 Å². The summed E-state index contributed by atoms with van der Waals surface area (Å²) >= 11 is 0. The first-order valence-electron chi connectivity index (χ1n) is 7.95. The van der Waals surface area contributed by atoms with Gasteiger partial charge in [-0.25, -0.2) is 4.39 Å². The van der Waals surface area contributed by atoms with Crippen molar-refractivity contribution >= 4 is 11.6 Å². The molecule has 0 fully saturated rings. The van der Waals surface area contributed by atoms with Gasteiger partial charge in [0.25, 0.3) is 0 Å². The molecule has 1 atom stereocenters. The van der Waals surface area contributed by atoms with Crippen molar-refractivity contribution in [2.45, 2.75) is 6.04 Å². The molecule has 0 aliphatic rings. The zero-order valence-electron chi connectivity index (χ0n) is 14.4. The molecule has 1 N–H and O–H groups in total. The van der Waals surface area contributed by atoms with Gasteiger partial charge in [-0.3, -0.25) is 9.69 Å². The predicted octanol–water partition coefficient (Wildman–Crippen LogP) is 2.68. The van der Waals surface area contributed by atoms with E-state index in [1.165, 1.54) is 6.07 Å². The van der Waals surface area contributed by atoms with E-state index in [9.17, 15) is 9.18 Å². The van der Waals surface area contributed by atoms with Crippen molar-refractivity contribution in [3.8, 4) is 0 Å². The molecule has 0 aliphatic carbocycles. The van der Waals surface area contributed by atoms with Crippen molar-refractivity contribution in [3.05, 3.63) is 66.0 Å². The van der Waals surface area contributed by atoms with Crippen LogP contribution in [0, 0.1) is 5.82 Å². The Kier molecular flexibility index (Phi) is 6.32. The Morgan fingerprint density at radius 1 is 1.04 bits per heavy atom. The molecule has 0 unspecified atom stereocenters. The van der Waals surface area contributed by atoms with Gasteiger partial charge in [0.15, 0.2) is 0 Å². The Morgan fingerprint density at radius 2 is 1.67 bits per heavy atom. The lowest BCUT2D eigenvalue weighted by atomic mass is 10.0. The number of para-hydroxylation sites is 1. The predicted molar refractivity (Wildman–Crippen MR) is 95.5 cm³/mol. The maximum atomic E-state index is 14.0. The van der Waals surface area contributed by atoms with Crippen LogP contribution in [0.1, 0.15) is 11.6 Å². The van der Waals surface area contributed by atoms with Crippen molar-refractivity contribution in [3.63, 3.8) is 0 Å². The first kappa shape index (κ1) is 17.9. The molecular weight excluding hydrogens is 305 g/mol. The molecular formula is C19H24FN3O. The molecule has 2 aromatic carbocycles. The molecule has 0 saturated carbocycles. The Labute approximate surface area is 142 Å². The summed E-state index contributed by atoms with van der Waals surface area (Å²) in [6.45, 7) is 1.16. The first-order chi connectivity index (χ1) is 11.5. The normalized spacial score (nSPS) is 12.0. The zero-order valence-corrected chi connectivity index (χ0v) is 14.4. The molecule has 0 bridgehead atoms. The van der Waals surface area contributed by atoms with Gasteiger partial charge in [0, 0.05) is 31.4 Å². The molecule has 0 spiro atoms. The van der Waals surface area contributed by atoms with Crippen LogP contribution in [0.4, 0.5) is 10.1 Å². The van der Waals surface area contributed by atoms with Gasteiger partial charge < -0.3 is 10.2 Å². The number of hydrogen-bond donors (Lipinski definition) is 1. The van der Waals surface area contributed by atoms with Gasteiger partial charge in [-0.1, -0.05) is 36.4 Å². The number of carbonyl (C=O) groups excluding carboxylic acids is 1. The van der Waals surface area contributed by atoms with Crippen LogP contribution in [0.25, 0.3) is 0 Å². The number of amides is 1. The van der Waals surface area contributed by atoms with Gasteiger partial charge in [0.1, 0.15) is 11.9 Å². The third kappa shape index (κ3) is 4.55. The molecule has 1 amide bonds. The fourth-order valence-electron chi connectivity index (χ4n) is 2.61. The standard InChI is InChI=1S/C19H24FN3O/c1-22(2)18(16-11-7-8-12-17(16)20)19(24)21-13-14-23(3)15-9-5-4-6-10-15/h4-12,18H,13-14H2,1-3H3,(H,21,24)/t18-/m0/s1. The van der Waals surface area contributed by atoms with Crippen molar-refractivity contribution in [2.75, 3.05) is 39.1 Å². The quantitative estimate of drug-likeness (QED) is 0.848. The summed E-state index contributed by atoms with van der Waals surface area (Å²) in [4.78, 5) is 16.3. The highest BCUT2D eigenvalue weighted by molar-refractivity contribution is 5.83. The molecule has 0 heterocycles. The lowest BCUT2D eigenvalue weighted by Gasteiger charge is -2.25. The van der Waals surface area contributed by atoms with Crippen LogP contribution in [0.2, 0.25) is 0 Å². The summed E-state index contributed by atoms with van der Waals surface area (Å²) < 4.78 is 14.0. The van der Waals surface area contributed by atoms with E-state index in [0.29, 0.717) is 18.7 Å². The number of carbonyl (C=O) groups is 1. The number of halogens is 1. The van der Waals surface area contributed by atoms with E-state index >= 15 is 0 Å².